The van der Waals surface area contributed by atoms with Crippen molar-refractivity contribution in [1.82, 2.24) is 9.91 Å². The van der Waals surface area contributed by atoms with E-state index in [0.717, 1.165) is 22.2 Å². The van der Waals surface area contributed by atoms with Crippen LogP contribution in [-0.4, -0.2) is 57.8 Å². The minimum absolute atomic E-state index is 0.0811. The molecule has 1 aromatic heterocycles. The predicted octanol–water partition coefficient (Wildman–Crippen LogP) is -0.222. The normalized spacial score (nSPS) is 15.7. The maximum Gasteiger partial charge on any atom is 0.433 e. The molecule has 3 amide bonds. The summed E-state index contributed by atoms with van der Waals surface area (Å²) >= 11 is 0. The van der Waals surface area contributed by atoms with Crippen LogP contribution in [0, 0.1) is 10.1 Å². The zero-order valence-electron chi connectivity index (χ0n) is 10.1. The lowest BCUT2D eigenvalue weighted by molar-refractivity contribution is -0.402. The first-order valence-corrected chi connectivity index (χ1v) is 5.54. The van der Waals surface area contributed by atoms with Crippen molar-refractivity contribution in [3.63, 3.8) is 0 Å². The van der Waals surface area contributed by atoms with Crippen LogP contribution >= 0.6 is 0 Å². The standard InChI is InChI=1S/C10H10N4O6/c15-4-3-12-8(16)6-13(10(12)17)11-5-7-1-2-9(20-7)14(18)19/h1-2,5,15H,3-4,6H2. The lowest BCUT2D eigenvalue weighted by Gasteiger charge is -2.11. The number of carbonyl (C=O) groups is 2. The zero-order valence-corrected chi connectivity index (χ0v) is 10.1. The van der Waals surface area contributed by atoms with E-state index in [4.69, 9.17) is 9.52 Å². The van der Waals surface area contributed by atoms with Crippen molar-refractivity contribution in [2.24, 2.45) is 5.10 Å². The summed E-state index contributed by atoms with van der Waals surface area (Å²) in [5, 5.41) is 23.8. The number of hydrogen-bond acceptors (Lipinski definition) is 7. The lowest BCUT2D eigenvalue weighted by atomic mass is 10.5. The Labute approximate surface area is 112 Å². The van der Waals surface area contributed by atoms with Crippen LogP contribution in [0.1, 0.15) is 5.76 Å². The largest absolute Gasteiger partial charge is 0.433 e. The predicted molar refractivity (Wildman–Crippen MR) is 63.9 cm³/mol. The van der Waals surface area contributed by atoms with Gasteiger partial charge in [0.2, 0.25) is 0 Å². The summed E-state index contributed by atoms with van der Waals surface area (Å²) in [4.78, 5) is 33.7. The van der Waals surface area contributed by atoms with Gasteiger partial charge in [0.1, 0.15) is 11.5 Å². The van der Waals surface area contributed by atoms with Gasteiger partial charge in [-0.25, -0.2) is 9.80 Å². The molecule has 0 saturated carbocycles. The smallest absolute Gasteiger partial charge is 0.400 e. The molecule has 1 N–H and O–H groups in total. The van der Waals surface area contributed by atoms with Crippen LogP contribution in [0.5, 0.6) is 0 Å². The van der Waals surface area contributed by atoms with E-state index in [1.165, 1.54) is 6.07 Å². The second-order valence-electron chi connectivity index (χ2n) is 3.79. The molecular weight excluding hydrogens is 272 g/mol. The third kappa shape index (κ3) is 2.64. The minimum Gasteiger partial charge on any atom is -0.400 e. The van der Waals surface area contributed by atoms with Gasteiger partial charge in [-0.05, 0) is 6.07 Å². The molecule has 10 heteroatoms. The highest BCUT2D eigenvalue weighted by atomic mass is 16.6. The van der Waals surface area contributed by atoms with E-state index >= 15 is 0 Å². The molecule has 0 spiro atoms. The molecule has 20 heavy (non-hydrogen) atoms. The number of furan rings is 1. The number of nitro groups is 1. The fourth-order valence-corrected chi connectivity index (χ4v) is 1.57. The Bertz CT molecular complexity index is 580. The number of carbonyl (C=O) groups excluding carboxylic acids is 2. The molecule has 0 radical (unpaired) electrons. The van der Waals surface area contributed by atoms with Crippen LogP contribution in [-0.2, 0) is 4.79 Å². The summed E-state index contributed by atoms with van der Waals surface area (Å²) in [7, 11) is 0. The monoisotopic (exact) mass is 282 g/mol. The van der Waals surface area contributed by atoms with E-state index in [1.54, 1.807) is 0 Å². The molecule has 10 nitrogen and oxygen atoms in total. The van der Waals surface area contributed by atoms with Gasteiger partial charge < -0.3 is 9.52 Å². The maximum atomic E-state index is 11.7. The van der Waals surface area contributed by atoms with E-state index in [9.17, 15) is 19.7 Å². The molecule has 0 aliphatic carbocycles. The van der Waals surface area contributed by atoms with Gasteiger partial charge >= 0.3 is 11.9 Å². The lowest BCUT2D eigenvalue weighted by Crippen LogP contribution is -2.33. The fraction of sp³-hybridized carbons (Fsp3) is 0.300. The molecule has 0 atom stereocenters. The highest BCUT2D eigenvalue weighted by Crippen LogP contribution is 2.15. The number of aliphatic hydroxyl groups excluding tert-OH is 1. The van der Waals surface area contributed by atoms with Gasteiger partial charge in [0.05, 0.1) is 25.4 Å². The highest BCUT2D eigenvalue weighted by Gasteiger charge is 2.35. The number of urea groups is 1. The second kappa shape index (κ2) is 5.48. The Morgan fingerprint density at radius 1 is 1.50 bits per heavy atom. The second-order valence-corrected chi connectivity index (χ2v) is 3.79. The van der Waals surface area contributed by atoms with E-state index < -0.39 is 22.7 Å². The molecule has 1 aliphatic heterocycles. The number of nitrogens with zero attached hydrogens (tertiary/aromatic N) is 4. The summed E-state index contributed by atoms with van der Waals surface area (Å²) in [6, 6.07) is 1.80. The summed E-state index contributed by atoms with van der Waals surface area (Å²) < 4.78 is 4.82. The topological polar surface area (TPSA) is 129 Å². The number of rotatable bonds is 5. The Hall–Kier alpha value is -2.75. The number of imide groups is 1. The number of amides is 3. The molecule has 2 heterocycles. The van der Waals surface area contributed by atoms with Crippen molar-refractivity contribution in [2.45, 2.75) is 0 Å². The number of hydrazone groups is 1. The number of β-amino-alcohol motifs (C(OH)–C–C–N with tert-alkyl or cyclic N) is 1. The quantitative estimate of drug-likeness (QED) is 0.344. The van der Waals surface area contributed by atoms with Gasteiger partial charge in [-0.3, -0.25) is 19.8 Å². The third-order valence-corrected chi connectivity index (χ3v) is 2.48. The van der Waals surface area contributed by atoms with E-state index in [0.29, 0.717) is 0 Å². The summed E-state index contributed by atoms with van der Waals surface area (Å²) in [5.41, 5.74) is 0. The molecule has 1 fully saturated rings. The molecule has 2 rings (SSSR count). The van der Waals surface area contributed by atoms with Crippen molar-refractivity contribution in [3.8, 4) is 0 Å². The first-order valence-electron chi connectivity index (χ1n) is 5.54. The molecule has 0 aromatic carbocycles. The SMILES string of the molecule is O=C1CN(N=Cc2ccc([N+](=O)[O-])o2)C(=O)N1CCO. The third-order valence-electron chi connectivity index (χ3n) is 2.48. The average Bonchev–Trinajstić information content (AvgIpc) is 2.97. The summed E-state index contributed by atoms with van der Waals surface area (Å²) in [5.74, 6) is -0.846. The van der Waals surface area contributed by atoms with Crippen LogP contribution in [0.4, 0.5) is 10.7 Å². The highest BCUT2D eigenvalue weighted by molar-refractivity contribution is 6.02. The van der Waals surface area contributed by atoms with Crippen LogP contribution in [0.15, 0.2) is 21.7 Å². The zero-order chi connectivity index (χ0) is 14.7. The fourth-order valence-electron chi connectivity index (χ4n) is 1.57. The van der Waals surface area contributed by atoms with E-state index in [2.05, 4.69) is 5.10 Å². The summed E-state index contributed by atoms with van der Waals surface area (Å²) in [6.45, 7) is -0.687. The first-order chi connectivity index (χ1) is 9.52. The van der Waals surface area contributed by atoms with E-state index in [1.807, 2.05) is 0 Å². The Morgan fingerprint density at radius 3 is 2.85 bits per heavy atom. The maximum absolute atomic E-state index is 11.7. The Kier molecular flexibility index (Phi) is 3.75. The van der Waals surface area contributed by atoms with Crippen LogP contribution in [0.25, 0.3) is 0 Å². The molecular formula is C10H10N4O6. The van der Waals surface area contributed by atoms with Gasteiger partial charge in [-0.15, -0.1) is 0 Å². The summed E-state index contributed by atoms with van der Waals surface area (Å²) in [6.07, 6.45) is 1.10. The van der Waals surface area contributed by atoms with Crippen LogP contribution in [0.2, 0.25) is 0 Å². The molecule has 106 valence electrons. The van der Waals surface area contributed by atoms with Gasteiger partial charge in [-0.2, -0.15) is 5.10 Å². The minimum atomic E-state index is -0.704. The molecule has 0 unspecified atom stereocenters. The van der Waals surface area contributed by atoms with Crippen molar-refractivity contribution in [2.75, 3.05) is 19.7 Å². The van der Waals surface area contributed by atoms with Crippen molar-refractivity contribution in [1.29, 1.82) is 0 Å². The molecule has 0 bridgehead atoms. The van der Waals surface area contributed by atoms with Crippen molar-refractivity contribution >= 4 is 24.0 Å². The van der Waals surface area contributed by atoms with Gasteiger partial charge in [0.15, 0.2) is 5.76 Å². The average molecular weight is 282 g/mol. The van der Waals surface area contributed by atoms with Crippen molar-refractivity contribution in [3.05, 3.63) is 28.0 Å². The van der Waals surface area contributed by atoms with Gasteiger partial charge in [0.25, 0.3) is 5.91 Å². The number of aliphatic hydroxyl groups is 1. The Morgan fingerprint density at radius 2 is 2.25 bits per heavy atom. The first kappa shape index (κ1) is 13.7. The van der Waals surface area contributed by atoms with Crippen LogP contribution < -0.4 is 0 Å². The number of hydrogen-bond donors (Lipinski definition) is 1. The molecule has 1 aromatic rings. The van der Waals surface area contributed by atoms with Crippen molar-refractivity contribution < 1.29 is 24.0 Å². The molecule has 1 aliphatic rings. The van der Waals surface area contributed by atoms with Crippen LogP contribution in [0.3, 0.4) is 0 Å². The van der Waals surface area contributed by atoms with Gasteiger partial charge in [0, 0.05) is 0 Å². The molecule has 1 saturated heterocycles. The Balaban J connectivity index is 2.06. The van der Waals surface area contributed by atoms with Gasteiger partial charge in [-0.1, -0.05) is 0 Å². The van der Waals surface area contributed by atoms with E-state index in [-0.39, 0.29) is 25.5 Å².